The molecule has 0 aliphatic carbocycles. The highest BCUT2D eigenvalue weighted by atomic mass is 19.1. The molecule has 0 spiro atoms. The third-order valence-electron chi connectivity index (χ3n) is 6.49. The second-order valence-corrected chi connectivity index (χ2v) is 8.71. The predicted molar refractivity (Wildman–Crippen MR) is 122 cm³/mol. The number of carbonyl (C=O) groups excluding carboxylic acids is 3. The van der Waals surface area contributed by atoms with Gasteiger partial charge in [0.2, 0.25) is 11.8 Å². The van der Waals surface area contributed by atoms with Crippen molar-refractivity contribution in [2.45, 2.75) is 38.5 Å². The van der Waals surface area contributed by atoms with Gasteiger partial charge in [0.25, 0.3) is 5.91 Å². The molecule has 2 aromatic carbocycles. The summed E-state index contributed by atoms with van der Waals surface area (Å²) >= 11 is 0. The number of nitrogens with one attached hydrogen (secondary N) is 2. The SMILES string of the molecule is [2H]C1(N2Cc3c(NCc4cc(CN5CCOCC5)ccc4F)cccc3C2=O)CCC(=O)NC1=O. The zero-order valence-electron chi connectivity index (χ0n) is 19.7. The Morgan fingerprint density at radius 1 is 1.18 bits per heavy atom. The molecule has 8 nitrogen and oxygen atoms in total. The van der Waals surface area contributed by atoms with Crippen LogP contribution in [0.1, 0.15) is 41.3 Å². The van der Waals surface area contributed by atoms with Crippen LogP contribution in [0.5, 0.6) is 0 Å². The Morgan fingerprint density at radius 2 is 2.00 bits per heavy atom. The zero-order chi connectivity index (χ0) is 24.6. The smallest absolute Gasteiger partial charge is 0.255 e. The highest BCUT2D eigenvalue weighted by Gasteiger charge is 2.39. The van der Waals surface area contributed by atoms with Gasteiger partial charge in [0.1, 0.15) is 11.8 Å². The second kappa shape index (κ2) is 9.52. The Bertz CT molecular complexity index is 1190. The molecule has 3 heterocycles. The first kappa shape index (κ1) is 21.2. The van der Waals surface area contributed by atoms with Gasteiger partial charge in [-0.2, -0.15) is 0 Å². The van der Waals surface area contributed by atoms with Crippen LogP contribution >= 0.6 is 0 Å². The highest BCUT2D eigenvalue weighted by Crippen LogP contribution is 2.32. The number of benzene rings is 2. The number of carbonyl (C=O) groups is 3. The molecule has 3 aliphatic rings. The summed E-state index contributed by atoms with van der Waals surface area (Å²) in [5, 5.41) is 5.41. The van der Waals surface area contributed by atoms with E-state index in [9.17, 15) is 18.8 Å². The number of fused-ring (bicyclic) bond motifs is 1. The van der Waals surface area contributed by atoms with Gasteiger partial charge >= 0.3 is 0 Å². The summed E-state index contributed by atoms with van der Waals surface area (Å²) in [5.41, 5.74) is 3.22. The van der Waals surface area contributed by atoms with E-state index >= 15 is 0 Å². The van der Waals surface area contributed by atoms with Crippen LogP contribution in [0.2, 0.25) is 0 Å². The molecular formula is C25H27FN4O4. The van der Waals surface area contributed by atoms with Gasteiger partial charge < -0.3 is 15.0 Å². The van der Waals surface area contributed by atoms with Gasteiger partial charge in [-0.15, -0.1) is 0 Å². The molecule has 0 bridgehead atoms. The highest BCUT2D eigenvalue weighted by molar-refractivity contribution is 6.06. The molecule has 3 aliphatic heterocycles. The molecule has 9 heteroatoms. The third-order valence-corrected chi connectivity index (χ3v) is 6.49. The largest absolute Gasteiger partial charge is 0.381 e. The van der Waals surface area contributed by atoms with E-state index in [0.717, 1.165) is 25.2 Å². The fourth-order valence-electron chi connectivity index (χ4n) is 4.65. The number of nitrogens with zero attached hydrogens (tertiary/aromatic N) is 2. The molecule has 0 aromatic heterocycles. The minimum Gasteiger partial charge on any atom is -0.381 e. The molecule has 2 aromatic rings. The molecule has 0 radical (unpaired) electrons. The lowest BCUT2D eigenvalue weighted by molar-refractivity contribution is -0.136. The number of ether oxygens (including phenoxy) is 1. The van der Waals surface area contributed by atoms with E-state index in [2.05, 4.69) is 15.5 Å². The summed E-state index contributed by atoms with van der Waals surface area (Å²) in [4.78, 5) is 40.5. The second-order valence-electron chi connectivity index (χ2n) is 8.71. The predicted octanol–water partition coefficient (Wildman–Crippen LogP) is 2.03. The maximum atomic E-state index is 14.6. The first-order valence-electron chi connectivity index (χ1n) is 11.9. The van der Waals surface area contributed by atoms with Crippen molar-refractivity contribution < 1.29 is 24.9 Å². The Morgan fingerprint density at radius 3 is 2.79 bits per heavy atom. The van der Waals surface area contributed by atoms with Crippen molar-refractivity contribution >= 4 is 23.4 Å². The summed E-state index contributed by atoms with van der Waals surface area (Å²) in [6, 6.07) is 8.43. The van der Waals surface area contributed by atoms with Gasteiger partial charge in [0.05, 0.1) is 14.6 Å². The maximum absolute atomic E-state index is 14.6. The van der Waals surface area contributed by atoms with E-state index in [-0.39, 0.29) is 31.7 Å². The van der Waals surface area contributed by atoms with Crippen LogP contribution in [0.3, 0.4) is 0 Å². The Balaban J connectivity index is 1.32. The average molecular weight is 468 g/mol. The Hall–Kier alpha value is -3.30. The minimum atomic E-state index is -1.85. The van der Waals surface area contributed by atoms with Crippen LogP contribution in [0.15, 0.2) is 36.4 Å². The number of rotatable bonds is 6. The first-order chi connectivity index (χ1) is 16.8. The van der Waals surface area contributed by atoms with E-state index in [1.807, 2.05) is 6.07 Å². The molecule has 1 unspecified atom stereocenters. The van der Waals surface area contributed by atoms with E-state index in [1.54, 1.807) is 24.3 Å². The summed E-state index contributed by atoms with van der Waals surface area (Å²) in [7, 11) is 0. The Kier molecular flexibility index (Phi) is 5.95. The number of hydrogen-bond acceptors (Lipinski definition) is 6. The van der Waals surface area contributed by atoms with Crippen LogP contribution in [-0.2, 0) is 34.0 Å². The molecule has 34 heavy (non-hydrogen) atoms. The number of morpholine rings is 1. The van der Waals surface area contributed by atoms with Gasteiger partial charge in [-0.25, -0.2) is 4.39 Å². The molecule has 2 saturated heterocycles. The topological polar surface area (TPSA) is 91.0 Å². The quantitative estimate of drug-likeness (QED) is 0.632. The lowest BCUT2D eigenvalue weighted by Crippen LogP contribution is -2.52. The number of halogens is 1. The summed E-state index contributed by atoms with van der Waals surface area (Å²) < 4.78 is 28.6. The molecule has 0 saturated carbocycles. The normalized spacial score (nSPS) is 23.5. The number of piperidine rings is 1. The van der Waals surface area contributed by atoms with E-state index < -0.39 is 23.7 Å². The lowest BCUT2D eigenvalue weighted by atomic mass is 10.0. The van der Waals surface area contributed by atoms with E-state index in [0.29, 0.717) is 35.6 Å². The molecule has 2 N–H and O–H groups in total. The third kappa shape index (κ3) is 4.53. The van der Waals surface area contributed by atoms with Crippen molar-refractivity contribution in [1.29, 1.82) is 0 Å². The number of anilines is 1. The van der Waals surface area contributed by atoms with Crippen molar-refractivity contribution in [3.05, 3.63) is 64.5 Å². The summed E-state index contributed by atoms with van der Waals surface area (Å²) in [6.45, 7) is 4.07. The van der Waals surface area contributed by atoms with Crippen LogP contribution in [0.25, 0.3) is 0 Å². The van der Waals surface area contributed by atoms with Crippen molar-refractivity contribution in [3.8, 4) is 0 Å². The van der Waals surface area contributed by atoms with Crippen LogP contribution in [0, 0.1) is 5.82 Å². The first-order valence-corrected chi connectivity index (χ1v) is 11.4. The van der Waals surface area contributed by atoms with E-state index in [4.69, 9.17) is 6.11 Å². The minimum absolute atomic E-state index is 0.000538. The number of hydrogen-bond donors (Lipinski definition) is 2. The van der Waals surface area contributed by atoms with Crippen LogP contribution < -0.4 is 10.6 Å². The summed E-state index contributed by atoms with van der Waals surface area (Å²) in [6.07, 6.45) is -0.0537. The Labute approximate surface area is 198 Å². The summed E-state index contributed by atoms with van der Waals surface area (Å²) in [5.74, 6) is -1.98. The number of amides is 3. The fourth-order valence-corrected chi connectivity index (χ4v) is 4.65. The monoisotopic (exact) mass is 467 g/mol. The standard InChI is InChI=1S/C25H27FN4O4/c26-20-5-4-16(14-29-8-10-34-11-9-29)12-17(20)13-27-21-3-1-2-18-19(21)15-30(25(18)33)22-6-7-23(31)28-24(22)32/h1-5,12,22,27H,6-11,13-15H2,(H,28,31,32)/i22D. The van der Waals surface area contributed by atoms with Crippen molar-refractivity contribution in [2.75, 3.05) is 31.6 Å². The van der Waals surface area contributed by atoms with Crippen LogP contribution in [0.4, 0.5) is 10.1 Å². The van der Waals surface area contributed by atoms with Gasteiger partial charge in [-0.05, 0) is 36.2 Å². The molecule has 178 valence electrons. The van der Waals surface area contributed by atoms with Crippen molar-refractivity contribution in [2.24, 2.45) is 0 Å². The zero-order valence-corrected chi connectivity index (χ0v) is 18.7. The maximum Gasteiger partial charge on any atom is 0.255 e. The molecule has 1 atom stereocenters. The van der Waals surface area contributed by atoms with Crippen LogP contribution in [-0.4, -0.2) is 59.8 Å². The van der Waals surface area contributed by atoms with Gasteiger partial charge in [0.15, 0.2) is 0 Å². The van der Waals surface area contributed by atoms with Gasteiger partial charge in [-0.1, -0.05) is 12.1 Å². The van der Waals surface area contributed by atoms with E-state index in [1.165, 1.54) is 11.0 Å². The molecule has 2 fully saturated rings. The molecule has 3 amide bonds. The molecular weight excluding hydrogens is 439 g/mol. The fraction of sp³-hybridized carbons (Fsp3) is 0.400. The lowest BCUT2D eigenvalue weighted by Gasteiger charge is -2.29. The van der Waals surface area contributed by atoms with Gasteiger partial charge in [0, 0.05) is 61.5 Å². The van der Waals surface area contributed by atoms with Crippen molar-refractivity contribution in [3.63, 3.8) is 0 Å². The average Bonchev–Trinajstić information content (AvgIpc) is 3.20. The molecule has 5 rings (SSSR count). The van der Waals surface area contributed by atoms with Crippen molar-refractivity contribution in [1.82, 2.24) is 15.1 Å². The number of imide groups is 1. The van der Waals surface area contributed by atoms with Gasteiger partial charge in [-0.3, -0.25) is 24.6 Å².